The molecule has 0 radical (unpaired) electrons. The molecule has 22 heavy (non-hydrogen) atoms. The molecule has 1 N–H and O–H groups in total. The summed E-state index contributed by atoms with van der Waals surface area (Å²) in [5, 5.41) is 9.90. The summed E-state index contributed by atoms with van der Waals surface area (Å²) in [6.45, 7) is 0.925. The average molecular weight is 306 g/mol. The van der Waals surface area contributed by atoms with Gasteiger partial charge in [-0.1, -0.05) is 12.1 Å². The van der Waals surface area contributed by atoms with Gasteiger partial charge in [-0.15, -0.1) is 0 Å². The molecule has 0 spiro atoms. The maximum absolute atomic E-state index is 13.0. The first-order valence-electron chi connectivity index (χ1n) is 7.55. The number of aliphatic hydroxyl groups is 1. The fourth-order valence-electron chi connectivity index (χ4n) is 3.22. The van der Waals surface area contributed by atoms with Gasteiger partial charge < -0.3 is 14.9 Å². The minimum Gasteiger partial charge on any atom is -0.391 e. The van der Waals surface area contributed by atoms with Crippen molar-refractivity contribution >= 4 is 11.8 Å². The molecule has 6 heteroatoms. The summed E-state index contributed by atoms with van der Waals surface area (Å²) in [7, 11) is 0. The molecule has 0 bridgehead atoms. The number of halogens is 1. The third-order valence-electron chi connectivity index (χ3n) is 4.35. The lowest BCUT2D eigenvalue weighted by atomic mass is 10.0. The zero-order chi connectivity index (χ0) is 15.7. The quantitative estimate of drug-likeness (QED) is 0.909. The molecule has 2 saturated heterocycles. The van der Waals surface area contributed by atoms with Crippen molar-refractivity contribution in [2.45, 2.75) is 31.4 Å². The van der Waals surface area contributed by atoms with Gasteiger partial charge in [0.05, 0.1) is 18.7 Å². The van der Waals surface area contributed by atoms with E-state index in [0.717, 1.165) is 12.0 Å². The van der Waals surface area contributed by atoms with Gasteiger partial charge in [-0.2, -0.15) is 0 Å². The number of β-amino-alcohol motifs (C(OH)–C–C–N with tert-alkyl or cyclic N) is 1. The highest BCUT2D eigenvalue weighted by Gasteiger charge is 2.36. The number of likely N-dealkylation sites (tertiary alicyclic amines) is 2. The Bertz CT molecular complexity index is 575. The van der Waals surface area contributed by atoms with E-state index in [1.807, 2.05) is 0 Å². The SMILES string of the molecule is O=C1CCCN1CC(=O)N1CC(O)CC1c1ccc(F)cc1. The molecule has 118 valence electrons. The van der Waals surface area contributed by atoms with Crippen LogP contribution < -0.4 is 0 Å². The number of hydrogen-bond donors (Lipinski definition) is 1. The number of amides is 2. The Morgan fingerprint density at radius 1 is 1.32 bits per heavy atom. The zero-order valence-corrected chi connectivity index (χ0v) is 12.2. The predicted molar refractivity (Wildman–Crippen MR) is 77.3 cm³/mol. The van der Waals surface area contributed by atoms with Crippen molar-refractivity contribution in [3.8, 4) is 0 Å². The largest absolute Gasteiger partial charge is 0.391 e. The number of benzene rings is 1. The first kappa shape index (κ1) is 15.0. The molecule has 1 aromatic carbocycles. The topological polar surface area (TPSA) is 60.9 Å². The maximum atomic E-state index is 13.0. The summed E-state index contributed by atoms with van der Waals surface area (Å²) in [5.74, 6) is -0.490. The summed E-state index contributed by atoms with van der Waals surface area (Å²) < 4.78 is 13.0. The van der Waals surface area contributed by atoms with Crippen molar-refractivity contribution in [2.24, 2.45) is 0 Å². The smallest absolute Gasteiger partial charge is 0.242 e. The van der Waals surface area contributed by atoms with Crippen LogP contribution in [0.4, 0.5) is 4.39 Å². The normalized spacial score (nSPS) is 25.1. The van der Waals surface area contributed by atoms with E-state index in [4.69, 9.17) is 0 Å². The van der Waals surface area contributed by atoms with E-state index in [1.165, 1.54) is 12.1 Å². The molecule has 2 amide bonds. The minimum atomic E-state index is -0.590. The highest BCUT2D eigenvalue weighted by atomic mass is 19.1. The number of hydrogen-bond acceptors (Lipinski definition) is 3. The van der Waals surface area contributed by atoms with Gasteiger partial charge in [-0.3, -0.25) is 9.59 Å². The molecule has 2 heterocycles. The second kappa shape index (κ2) is 6.04. The molecule has 2 unspecified atom stereocenters. The van der Waals surface area contributed by atoms with Crippen LogP contribution in [0.2, 0.25) is 0 Å². The summed E-state index contributed by atoms with van der Waals surface area (Å²) >= 11 is 0. The van der Waals surface area contributed by atoms with Crippen molar-refractivity contribution < 1.29 is 19.1 Å². The molecule has 2 atom stereocenters. The van der Waals surface area contributed by atoms with Gasteiger partial charge in [0.2, 0.25) is 11.8 Å². The molecular weight excluding hydrogens is 287 g/mol. The molecule has 0 aromatic heterocycles. The van der Waals surface area contributed by atoms with E-state index in [0.29, 0.717) is 19.4 Å². The Balaban J connectivity index is 1.73. The van der Waals surface area contributed by atoms with Crippen LogP contribution in [0.15, 0.2) is 24.3 Å². The van der Waals surface area contributed by atoms with Crippen LogP contribution in [0.25, 0.3) is 0 Å². The predicted octanol–water partition coefficient (Wildman–Crippen LogP) is 1.08. The van der Waals surface area contributed by atoms with Gasteiger partial charge in [0.25, 0.3) is 0 Å². The van der Waals surface area contributed by atoms with Crippen LogP contribution in [0, 0.1) is 5.82 Å². The maximum Gasteiger partial charge on any atom is 0.242 e. The van der Waals surface area contributed by atoms with Crippen molar-refractivity contribution in [2.75, 3.05) is 19.6 Å². The van der Waals surface area contributed by atoms with Gasteiger partial charge in [0, 0.05) is 19.5 Å². The van der Waals surface area contributed by atoms with Crippen LogP contribution >= 0.6 is 0 Å². The summed E-state index contributed by atoms with van der Waals surface area (Å²) in [4.78, 5) is 27.3. The Morgan fingerprint density at radius 2 is 2.05 bits per heavy atom. The van der Waals surface area contributed by atoms with Crippen molar-refractivity contribution in [3.05, 3.63) is 35.6 Å². The third kappa shape index (κ3) is 2.97. The van der Waals surface area contributed by atoms with Crippen LogP contribution in [-0.4, -0.2) is 52.5 Å². The lowest BCUT2D eigenvalue weighted by molar-refractivity contribution is -0.139. The van der Waals surface area contributed by atoms with Gasteiger partial charge >= 0.3 is 0 Å². The lowest BCUT2D eigenvalue weighted by Crippen LogP contribution is -2.41. The average Bonchev–Trinajstić information content (AvgIpc) is 3.06. The monoisotopic (exact) mass is 306 g/mol. The Kier molecular flexibility index (Phi) is 4.11. The van der Waals surface area contributed by atoms with Crippen molar-refractivity contribution in [3.63, 3.8) is 0 Å². The Morgan fingerprint density at radius 3 is 2.68 bits per heavy atom. The third-order valence-corrected chi connectivity index (χ3v) is 4.35. The van der Waals surface area contributed by atoms with Crippen LogP contribution in [0.3, 0.4) is 0 Å². The first-order valence-corrected chi connectivity index (χ1v) is 7.55. The van der Waals surface area contributed by atoms with E-state index in [1.54, 1.807) is 21.9 Å². The highest BCUT2D eigenvalue weighted by Crippen LogP contribution is 2.32. The Labute approximate surface area is 128 Å². The van der Waals surface area contributed by atoms with E-state index >= 15 is 0 Å². The van der Waals surface area contributed by atoms with E-state index in [9.17, 15) is 19.1 Å². The van der Waals surface area contributed by atoms with Gasteiger partial charge in [-0.05, 0) is 30.5 Å². The zero-order valence-electron chi connectivity index (χ0n) is 12.2. The van der Waals surface area contributed by atoms with E-state index < -0.39 is 6.10 Å². The van der Waals surface area contributed by atoms with Crippen LogP contribution in [0.5, 0.6) is 0 Å². The molecule has 2 fully saturated rings. The van der Waals surface area contributed by atoms with Gasteiger partial charge in [0.1, 0.15) is 5.82 Å². The summed E-state index contributed by atoms with van der Waals surface area (Å²) in [6.07, 6.45) is 1.13. The molecule has 0 saturated carbocycles. The molecule has 2 aliphatic heterocycles. The fraction of sp³-hybridized carbons (Fsp3) is 0.500. The molecule has 5 nitrogen and oxygen atoms in total. The second-order valence-electron chi connectivity index (χ2n) is 5.92. The number of carbonyl (C=O) groups excluding carboxylic acids is 2. The molecule has 3 rings (SSSR count). The molecule has 0 aliphatic carbocycles. The number of nitrogens with zero attached hydrogens (tertiary/aromatic N) is 2. The Hall–Kier alpha value is -1.95. The van der Waals surface area contributed by atoms with Crippen LogP contribution in [-0.2, 0) is 9.59 Å². The second-order valence-corrected chi connectivity index (χ2v) is 5.92. The fourth-order valence-corrected chi connectivity index (χ4v) is 3.22. The standard InChI is InChI=1S/C16H19FN2O3/c17-12-5-3-11(4-6-12)14-8-13(20)9-19(14)16(22)10-18-7-1-2-15(18)21/h3-6,13-14,20H,1-2,7-10H2. The molecule has 1 aromatic rings. The van der Waals surface area contributed by atoms with E-state index in [-0.39, 0.29) is 36.8 Å². The van der Waals surface area contributed by atoms with E-state index in [2.05, 4.69) is 0 Å². The lowest BCUT2D eigenvalue weighted by Gasteiger charge is -2.27. The molecular formula is C16H19FN2O3. The van der Waals surface area contributed by atoms with Gasteiger partial charge in [-0.25, -0.2) is 4.39 Å². The van der Waals surface area contributed by atoms with Gasteiger partial charge in [0.15, 0.2) is 0 Å². The summed E-state index contributed by atoms with van der Waals surface area (Å²) in [6, 6.07) is 5.72. The van der Waals surface area contributed by atoms with Crippen LogP contribution in [0.1, 0.15) is 30.9 Å². The van der Waals surface area contributed by atoms with Crippen molar-refractivity contribution in [1.29, 1.82) is 0 Å². The first-order chi connectivity index (χ1) is 10.5. The number of carbonyl (C=O) groups is 2. The number of rotatable bonds is 3. The molecule has 2 aliphatic rings. The summed E-state index contributed by atoms with van der Waals surface area (Å²) in [5.41, 5.74) is 0.805. The highest BCUT2D eigenvalue weighted by molar-refractivity contribution is 5.86. The van der Waals surface area contributed by atoms with Crippen molar-refractivity contribution in [1.82, 2.24) is 9.80 Å². The minimum absolute atomic E-state index is 0.00595. The number of aliphatic hydroxyl groups excluding tert-OH is 1.